The van der Waals surface area contributed by atoms with E-state index in [1.165, 1.54) is 6.20 Å². The molecule has 0 atom stereocenters. The van der Waals surface area contributed by atoms with Crippen LogP contribution in [-0.4, -0.2) is 33.0 Å². The number of alkyl halides is 6. The molecule has 7 nitrogen and oxygen atoms in total. The number of anilines is 4. The first kappa shape index (κ1) is 24.5. The molecule has 4 heterocycles. The lowest BCUT2D eigenvalue weighted by atomic mass is 10.1. The fraction of sp³-hybridized carbons (Fsp3) is 0.364. The van der Waals surface area contributed by atoms with Crippen molar-refractivity contribution in [3.05, 3.63) is 47.9 Å². The topological polar surface area (TPSA) is 92.8 Å². The predicted octanol–water partition coefficient (Wildman–Crippen LogP) is 5.68. The molecule has 0 unspecified atom stereocenters. The van der Waals surface area contributed by atoms with Crippen LogP contribution in [0.3, 0.4) is 0 Å². The first-order valence-corrected chi connectivity index (χ1v) is 10.8. The maximum atomic E-state index is 13.8. The summed E-state index contributed by atoms with van der Waals surface area (Å²) in [6.45, 7) is 1.14. The lowest BCUT2D eigenvalue weighted by Gasteiger charge is -2.22. The minimum Gasteiger partial charge on any atom is -0.384 e. The Kier molecular flexibility index (Phi) is 6.68. The SMILES string of the molecule is Nc1cc(C(F)(F)F)c(-c2cc(Nc3ccncc3C(F)(F)F)nc(N3CCCCCC3)n2)cn1. The van der Waals surface area contributed by atoms with Gasteiger partial charge in [-0.25, -0.2) is 9.97 Å². The largest absolute Gasteiger partial charge is 0.419 e. The number of rotatable bonds is 4. The van der Waals surface area contributed by atoms with Crippen LogP contribution in [-0.2, 0) is 12.4 Å². The van der Waals surface area contributed by atoms with Crippen molar-refractivity contribution in [2.75, 3.05) is 29.0 Å². The predicted molar refractivity (Wildman–Crippen MR) is 118 cm³/mol. The van der Waals surface area contributed by atoms with E-state index < -0.39 is 23.5 Å². The highest BCUT2D eigenvalue weighted by atomic mass is 19.4. The molecule has 0 radical (unpaired) electrons. The van der Waals surface area contributed by atoms with Gasteiger partial charge in [0.1, 0.15) is 11.6 Å². The van der Waals surface area contributed by atoms with E-state index in [4.69, 9.17) is 5.73 Å². The fourth-order valence-corrected chi connectivity index (χ4v) is 3.83. The van der Waals surface area contributed by atoms with Crippen molar-refractivity contribution in [3.63, 3.8) is 0 Å². The molecule has 13 heteroatoms. The molecule has 3 N–H and O–H groups in total. The van der Waals surface area contributed by atoms with Crippen molar-refractivity contribution in [2.24, 2.45) is 0 Å². The molecule has 35 heavy (non-hydrogen) atoms. The average molecular weight is 497 g/mol. The second-order valence-corrected chi connectivity index (χ2v) is 8.04. The van der Waals surface area contributed by atoms with Gasteiger partial charge in [-0.2, -0.15) is 31.3 Å². The van der Waals surface area contributed by atoms with Crippen LogP contribution in [0, 0.1) is 0 Å². The summed E-state index contributed by atoms with van der Waals surface area (Å²) in [6.07, 6.45) is -3.07. The summed E-state index contributed by atoms with van der Waals surface area (Å²) >= 11 is 0. The Bertz CT molecular complexity index is 1190. The van der Waals surface area contributed by atoms with Gasteiger partial charge in [0.25, 0.3) is 0 Å². The molecule has 1 saturated heterocycles. The minimum atomic E-state index is -4.76. The molecular formula is C22H21F6N7. The summed E-state index contributed by atoms with van der Waals surface area (Å²) in [5.74, 6) is -0.316. The lowest BCUT2D eigenvalue weighted by Crippen LogP contribution is -2.26. The molecule has 0 bridgehead atoms. The maximum Gasteiger partial charge on any atom is 0.419 e. The van der Waals surface area contributed by atoms with Gasteiger partial charge < -0.3 is 16.0 Å². The van der Waals surface area contributed by atoms with E-state index in [9.17, 15) is 26.3 Å². The average Bonchev–Trinajstić information content (AvgIpc) is 3.08. The molecule has 186 valence electrons. The zero-order valence-electron chi connectivity index (χ0n) is 18.3. The standard InChI is InChI=1S/C22H21F6N7/c23-21(24,25)14-9-18(29)31-11-13(14)17-10-19(32-16-5-6-30-12-15(16)22(26,27)28)34-20(33-17)35-7-3-1-2-4-8-35/h5-6,9-12H,1-4,7-8H2,(H2,29,31)(H,30,32,33,34). The summed E-state index contributed by atoms with van der Waals surface area (Å²) in [6, 6.07) is 2.97. The summed E-state index contributed by atoms with van der Waals surface area (Å²) < 4.78 is 81.7. The van der Waals surface area contributed by atoms with Gasteiger partial charge in [-0.05, 0) is 25.0 Å². The molecule has 0 saturated carbocycles. The molecule has 0 aromatic carbocycles. The van der Waals surface area contributed by atoms with Crippen molar-refractivity contribution in [2.45, 2.75) is 38.0 Å². The molecule has 4 rings (SSSR count). The number of aromatic nitrogens is 4. The highest BCUT2D eigenvalue weighted by Gasteiger charge is 2.36. The van der Waals surface area contributed by atoms with Crippen molar-refractivity contribution < 1.29 is 26.3 Å². The van der Waals surface area contributed by atoms with E-state index in [0.717, 1.165) is 44.0 Å². The molecular weight excluding hydrogens is 476 g/mol. The summed E-state index contributed by atoms with van der Waals surface area (Å²) in [5, 5.41) is 2.59. The molecule has 3 aromatic heterocycles. The first-order valence-electron chi connectivity index (χ1n) is 10.8. The Morgan fingerprint density at radius 3 is 2.20 bits per heavy atom. The number of nitrogens with zero attached hydrogens (tertiary/aromatic N) is 5. The van der Waals surface area contributed by atoms with E-state index in [2.05, 4.69) is 25.3 Å². The maximum absolute atomic E-state index is 13.8. The van der Waals surface area contributed by atoms with E-state index in [0.29, 0.717) is 25.4 Å². The Labute approximate surface area is 196 Å². The van der Waals surface area contributed by atoms with Crippen molar-refractivity contribution >= 4 is 23.3 Å². The van der Waals surface area contributed by atoms with Crippen LogP contribution in [0.4, 0.5) is 49.6 Å². The summed E-state index contributed by atoms with van der Waals surface area (Å²) in [5.41, 5.74) is 2.53. The first-order chi connectivity index (χ1) is 16.5. The minimum absolute atomic E-state index is 0.101. The van der Waals surface area contributed by atoms with E-state index >= 15 is 0 Å². The monoisotopic (exact) mass is 497 g/mol. The molecule has 0 spiro atoms. The molecule has 3 aromatic rings. The second kappa shape index (κ2) is 9.55. The number of hydrogen-bond donors (Lipinski definition) is 2. The van der Waals surface area contributed by atoms with Crippen LogP contribution < -0.4 is 16.0 Å². The third kappa shape index (κ3) is 5.72. The van der Waals surface area contributed by atoms with Gasteiger partial charge in [0.05, 0.1) is 22.5 Å². The Morgan fingerprint density at radius 2 is 1.54 bits per heavy atom. The smallest absolute Gasteiger partial charge is 0.384 e. The Balaban J connectivity index is 1.85. The third-order valence-electron chi connectivity index (χ3n) is 5.50. The number of pyridine rings is 2. The number of nitrogens with two attached hydrogens (primary N) is 1. The van der Waals surface area contributed by atoms with Crippen LogP contribution in [0.1, 0.15) is 36.8 Å². The molecule has 1 aliphatic rings. The van der Waals surface area contributed by atoms with Gasteiger partial charge in [-0.3, -0.25) is 4.98 Å². The Morgan fingerprint density at radius 1 is 0.857 bits per heavy atom. The normalized spacial score (nSPS) is 15.1. The van der Waals surface area contributed by atoms with Crippen LogP contribution in [0.5, 0.6) is 0 Å². The fourth-order valence-electron chi connectivity index (χ4n) is 3.83. The highest BCUT2D eigenvalue weighted by molar-refractivity contribution is 5.71. The molecule has 1 aliphatic heterocycles. The van der Waals surface area contributed by atoms with Crippen LogP contribution in [0.25, 0.3) is 11.3 Å². The van der Waals surface area contributed by atoms with Gasteiger partial charge in [-0.1, -0.05) is 12.8 Å². The van der Waals surface area contributed by atoms with Crippen LogP contribution >= 0.6 is 0 Å². The zero-order chi connectivity index (χ0) is 25.2. The van der Waals surface area contributed by atoms with Gasteiger partial charge >= 0.3 is 12.4 Å². The van der Waals surface area contributed by atoms with Crippen molar-refractivity contribution in [1.29, 1.82) is 0 Å². The number of halogens is 6. The number of nitrogen functional groups attached to an aromatic ring is 1. The van der Waals surface area contributed by atoms with E-state index in [1.807, 2.05) is 4.90 Å². The van der Waals surface area contributed by atoms with Crippen molar-refractivity contribution in [1.82, 2.24) is 19.9 Å². The molecule has 0 amide bonds. The second-order valence-electron chi connectivity index (χ2n) is 8.04. The highest BCUT2D eigenvalue weighted by Crippen LogP contribution is 2.39. The van der Waals surface area contributed by atoms with Gasteiger partial charge in [0, 0.05) is 43.3 Å². The Hall–Kier alpha value is -3.64. The van der Waals surface area contributed by atoms with E-state index in [1.54, 1.807) is 0 Å². The van der Waals surface area contributed by atoms with Crippen LogP contribution in [0.2, 0.25) is 0 Å². The van der Waals surface area contributed by atoms with Gasteiger partial charge in [-0.15, -0.1) is 0 Å². The number of hydrogen-bond acceptors (Lipinski definition) is 7. The van der Waals surface area contributed by atoms with Gasteiger partial charge in [0.15, 0.2) is 0 Å². The molecule has 0 aliphatic carbocycles. The van der Waals surface area contributed by atoms with E-state index in [-0.39, 0.29) is 34.5 Å². The van der Waals surface area contributed by atoms with Crippen LogP contribution in [0.15, 0.2) is 36.8 Å². The van der Waals surface area contributed by atoms with Crippen molar-refractivity contribution in [3.8, 4) is 11.3 Å². The molecule has 1 fully saturated rings. The van der Waals surface area contributed by atoms with Gasteiger partial charge in [0.2, 0.25) is 5.95 Å². The quantitative estimate of drug-likeness (QED) is 0.448. The third-order valence-corrected chi connectivity index (χ3v) is 5.50. The number of nitrogens with one attached hydrogen (secondary N) is 1. The summed E-state index contributed by atoms with van der Waals surface area (Å²) in [7, 11) is 0. The lowest BCUT2D eigenvalue weighted by molar-refractivity contribution is -0.138. The zero-order valence-corrected chi connectivity index (χ0v) is 18.3. The summed E-state index contributed by atoms with van der Waals surface area (Å²) in [4.78, 5) is 17.8.